The van der Waals surface area contributed by atoms with Crippen LogP contribution in [-0.2, 0) is 16.6 Å². The van der Waals surface area contributed by atoms with Gasteiger partial charge in [0.15, 0.2) is 0 Å². The number of benzene rings is 2. The zero-order valence-corrected chi connectivity index (χ0v) is 14.4. The molecule has 0 fully saturated rings. The molecule has 124 valence electrons. The Labute approximate surface area is 138 Å². The van der Waals surface area contributed by atoms with Gasteiger partial charge in [-0.05, 0) is 43.2 Å². The maximum Gasteiger partial charge on any atom is 0.240 e. The largest absolute Gasteiger partial charge is 0.494 e. The fourth-order valence-electron chi connectivity index (χ4n) is 2.02. The van der Waals surface area contributed by atoms with Crippen molar-refractivity contribution in [1.29, 1.82) is 0 Å². The fraction of sp³-hybridized carbons (Fsp3) is 0.333. The van der Waals surface area contributed by atoms with Gasteiger partial charge in [0.05, 0.1) is 11.5 Å². The van der Waals surface area contributed by atoms with E-state index in [1.54, 1.807) is 24.3 Å². The Bertz CT molecular complexity index is 707. The molecule has 0 heterocycles. The van der Waals surface area contributed by atoms with Crippen LogP contribution in [0, 0.1) is 6.92 Å². The lowest BCUT2D eigenvalue weighted by atomic mass is 10.2. The van der Waals surface area contributed by atoms with Crippen molar-refractivity contribution in [3.05, 3.63) is 59.7 Å². The third-order valence-corrected chi connectivity index (χ3v) is 4.90. The lowest BCUT2D eigenvalue weighted by Crippen LogP contribution is -2.23. The molecule has 2 rings (SSSR count). The van der Waals surface area contributed by atoms with E-state index in [9.17, 15) is 8.42 Å². The van der Waals surface area contributed by atoms with E-state index in [0.29, 0.717) is 12.4 Å². The summed E-state index contributed by atoms with van der Waals surface area (Å²) in [5.41, 5.74) is 2.08. The number of sulfonamides is 1. The second kappa shape index (κ2) is 8.13. The Hall–Kier alpha value is -1.85. The average Bonchev–Trinajstić information content (AvgIpc) is 2.55. The SMILES string of the molecule is CCCCOc1ccc(S(=O)(=O)NCc2ccc(C)cc2)cc1. The molecule has 2 aromatic carbocycles. The molecule has 0 bridgehead atoms. The summed E-state index contributed by atoms with van der Waals surface area (Å²) in [6.45, 7) is 5.02. The van der Waals surface area contributed by atoms with Crippen LogP contribution in [0.25, 0.3) is 0 Å². The second-order valence-electron chi connectivity index (χ2n) is 5.48. The summed E-state index contributed by atoms with van der Waals surface area (Å²) in [7, 11) is -3.52. The molecular weight excluding hydrogens is 310 g/mol. The molecule has 0 aromatic heterocycles. The molecule has 0 spiro atoms. The van der Waals surface area contributed by atoms with Gasteiger partial charge in [0.1, 0.15) is 5.75 Å². The van der Waals surface area contributed by atoms with Crippen molar-refractivity contribution in [3.8, 4) is 5.75 Å². The van der Waals surface area contributed by atoms with Crippen molar-refractivity contribution in [2.75, 3.05) is 6.61 Å². The number of unbranched alkanes of at least 4 members (excludes halogenated alkanes) is 1. The molecule has 0 unspecified atom stereocenters. The van der Waals surface area contributed by atoms with E-state index in [2.05, 4.69) is 11.6 Å². The van der Waals surface area contributed by atoms with Crippen molar-refractivity contribution >= 4 is 10.0 Å². The van der Waals surface area contributed by atoms with Crippen LogP contribution in [0.4, 0.5) is 0 Å². The molecule has 23 heavy (non-hydrogen) atoms. The maximum absolute atomic E-state index is 12.3. The molecule has 1 N–H and O–H groups in total. The van der Waals surface area contributed by atoms with E-state index in [1.807, 2.05) is 31.2 Å². The van der Waals surface area contributed by atoms with Gasteiger partial charge in [-0.15, -0.1) is 0 Å². The average molecular weight is 333 g/mol. The van der Waals surface area contributed by atoms with Crippen molar-refractivity contribution < 1.29 is 13.2 Å². The summed E-state index contributed by atoms with van der Waals surface area (Å²) in [4.78, 5) is 0.243. The number of hydrogen-bond acceptors (Lipinski definition) is 3. The number of ether oxygens (including phenoxy) is 1. The van der Waals surface area contributed by atoms with E-state index in [1.165, 1.54) is 0 Å². The van der Waals surface area contributed by atoms with Crippen LogP contribution in [0.2, 0.25) is 0 Å². The van der Waals surface area contributed by atoms with Crippen LogP contribution in [0.3, 0.4) is 0 Å². The molecule has 0 amide bonds. The van der Waals surface area contributed by atoms with Gasteiger partial charge in [-0.2, -0.15) is 0 Å². The summed E-state index contributed by atoms with van der Waals surface area (Å²) < 4.78 is 32.7. The molecule has 0 aliphatic rings. The predicted molar refractivity (Wildman–Crippen MR) is 92.0 cm³/mol. The molecule has 0 atom stereocenters. The van der Waals surface area contributed by atoms with Crippen molar-refractivity contribution in [3.63, 3.8) is 0 Å². The first kappa shape index (κ1) is 17.5. The normalized spacial score (nSPS) is 11.4. The van der Waals surface area contributed by atoms with Gasteiger partial charge < -0.3 is 4.74 Å². The van der Waals surface area contributed by atoms with Crippen molar-refractivity contribution in [2.24, 2.45) is 0 Å². The van der Waals surface area contributed by atoms with Crippen LogP contribution < -0.4 is 9.46 Å². The highest BCUT2D eigenvalue weighted by Crippen LogP contribution is 2.16. The Morgan fingerprint density at radius 3 is 2.26 bits per heavy atom. The zero-order valence-electron chi connectivity index (χ0n) is 13.6. The molecule has 2 aromatic rings. The third-order valence-electron chi connectivity index (χ3n) is 3.49. The quantitative estimate of drug-likeness (QED) is 0.750. The van der Waals surface area contributed by atoms with Gasteiger partial charge in [0.2, 0.25) is 10.0 Å². The van der Waals surface area contributed by atoms with Gasteiger partial charge >= 0.3 is 0 Å². The van der Waals surface area contributed by atoms with E-state index in [0.717, 1.165) is 24.0 Å². The molecule has 0 saturated heterocycles. The second-order valence-corrected chi connectivity index (χ2v) is 7.25. The number of nitrogens with one attached hydrogen (secondary N) is 1. The van der Waals surface area contributed by atoms with Gasteiger partial charge in [0, 0.05) is 6.54 Å². The highest BCUT2D eigenvalue weighted by Gasteiger charge is 2.13. The summed E-state index contributed by atoms with van der Waals surface area (Å²) in [5, 5.41) is 0. The van der Waals surface area contributed by atoms with Crippen molar-refractivity contribution in [2.45, 2.75) is 38.1 Å². The first-order chi connectivity index (χ1) is 11.0. The van der Waals surface area contributed by atoms with Crippen molar-refractivity contribution in [1.82, 2.24) is 4.72 Å². The van der Waals surface area contributed by atoms with E-state index < -0.39 is 10.0 Å². The number of aryl methyl sites for hydroxylation is 1. The lowest BCUT2D eigenvalue weighted by molar-refractivity contribution is 0.309. The molecule has 0 radical (unpaired) electrons. The van der Waals surface area contributed by atoms with Crippen LogP contribution in [0.15, 0.2) is 53.4 Å². The number of rotatable bonds is 8. The smallest absolute Gasteiger partial charge is 0.240 e. The standard InChI is InChI=1S/C18H23NO3S/c1-3-4-13-22-17-9-11-18(12-10-17)23(20,21)19-14-16-7-5-15(2)6-8-16/h5-12,19H,3-4,13-14H2,1-2H3. The summed E-state index contributed by atoms with van der Waals surface area (Å²) >= 11 is 0. The third kappa shape index (κ3) is 5.37. The molecule has 0 saturated carbocycles. The molecular formula is C18H23NO3S. The Morgan fingerprint density at radius 2 is 1.65 bits per heavy atom. The van der Waals surface area contributed by atoms with Crippen LogP contribution in [0.5, 0.6) is 5.75 Å². The van der Waals surface area contributed by atoms with Gasteiger partial charge in [0.25, 0.3) is 0 Å². The van der Waals surface area contributed by atoms with Gasteiger partial charge in [-0.3, -0.25) is 0 Å². The Balaban J connectivity index is 1.97. The van der Waals surface area contributed by atoms with Crippen LogP contribution in [-0.4, -0.2) is 15.0 Å². The van der Waals surface area contributed by atoms with Gasteiger partial charge in [-0.1, -0.05) is 43.2 Å². The van der Waals surface area contributed by atoms with E-state index >= 15 is 0 Å². The highest BCUT2D eigenvalue weighted by atomic mass is 32.2. The fourth-order valence-corrected chi connectivity index (χ4v) is 3.03. The van der Waals surface area contributed by atoms with E-state index in [-0.39, 0.29) is 11.4 Å². The predicted octanol–water partition coefficient (Wildman–Crippen LogP) is 3.65. The number of hydrogen-bond donors (Lipinski definition) is 1. The minimum atomic E-state index is -3.52. The topological polar surface area (TPSA) is 55.4 Å². The van der Waals surface area contributed by atoms with Crippen LogP contribution >= 0.6 is 0 Å². The zero-order chi connectivity index (χ0) is 16.7. The first-order valence-electron chi connectivity index (χ1n) is 7.79. The minimum Gasteiger partial charge on any atom is -0.494 e. The Morgan fingerprint density at radius 1 is 1.00 bits per heavy atom. The van der Waals surface area contributed by atoms with Gasteiger partial charge in [-0.25, -0.2) is 13.1 Å². The molecule has 0 aliphatic heterocycles. The molecule has 5 heteroatoms. The lowest BCUT2D eigenvalue weighted by Gasteiger charge is -2.09. The summed E-state index contributed by atoms with van der Waals surface area (Å²) in [5.74, 6) is 0.691. The van der Waals surface area contributed by atoms with Crippen LogP contribution in [0.1, 0.15) is 30.9 Å². The summed E-state index contributed by atoms with van der Waals surface area (Å²) in [6, 6.07) is 14.3. The van der Waals surface area contributed by atoms with E-state index in [4.69, 9.17) is 4.74 Å². The first-order valence-corrected chi connectivity index (χ1v) is 9.27. The minimum absolute atomic E-state index is 0.243. The molecule has 4 nitrogen and oxygen atoms in total. The summed E-state index contributed by atoms with van der Waals surface area (Å²) in [6.07, 6.45) is 2.05. The molecule has 0 aliphatic carbocycles. The highest BCUT2D eigenvalue weighted by molar-refractivity contribution is 7.89. The maximum atomic E-state index is 12.3. The Kier molecular flexibility index (Phi) is 6.19. The monoisotopic (exact) mass is 333 g/mol.